The molecule has 0 atom stereocenters. The molecule has 0 saturated heterocycles. The minimum atomic E-state index is -0.452. The van der Waals surface area contributed by atoms with Crippen molar-refractivity contribution < 1.29 is 14.3 Å². The highest BCUT2D eigenvalue weighted by Gasteiger charge is 2.10. The molecule has 0 saturated carbocycles. The second kappa shape index (κ2) is 9.81. The maximum Gasteiger partial charge on any atom is 0.373 e. The maximum absolute atomic E-state index is 11.6. The van der Waals surface area contributed by atoms with Crippen molar-refractivity contribution in [2.75, 3.05) is 14.2 Å². The topological polar surface area (TPSA) is 35.5 Å². The standard InChI is InChI=1S/C18H24O3/c1-4-5-7-12-16(13-15-10-8-6-9-11-15)14-17(20-2)18(19)21-3/h6,8-11,13-14H,4-5,7,12H2,1-3H3/b16-13+,17-14-. The molecular formula is C18H24O3. The molecule has 0 spiro atoms. The zero-order valence-corrected chi connectivity index (χ0v) is 13.1. The van der Waals surface area contributed by atoms with Crippen LogP contribution in [0.5, 0.6) is 0 Å². The average molecular weight is 288 g/mol. The maximum atomic E-state index is 11.6. The lowest BCUT2D eigenvalue weighted by Crippen LogP contribution is -2.06. The van der Waals surface area contributed by atoms with Crippen LogP contribution in [-0.4, -0.2) is 20.2 Å². The van der Waals surface area contributed by atoms with Crippen LogP contribution in [-0.2, 0) is 14.3 Å². The van der Waals surface area contributed by atoms with Gasteiger partial charge in [-0.1, -0.05) is 56.2 Å². The van der Waals surface area contributed by atoms with Gasteiger partial charge < -0.3 is 9.47 Å². The normalized spacial score (nSPS) is 12.1. The monoisotopic (exact) mass is 288 g/mol. The van der Waals surface area contributed by atoms with Crippen LogP contribution in [0.25, 0.3) is 6.08 Å². The van der Waals surface area contributed by atoms with Gasteiger partial charge in [0.05, 0.1) is 14.2 Å². The van der Waals surface area contributed by atoms with Gasteiger partial charge in [0.1, 0.15) is 0 Å². The molecule has 3 heteroatoms. The lowest BCUT2D eigenvalue weighted by molar-refractivity contribution is -0.139. The van der Waals surface area contributed by atoms with Crippen molar-refractivity contribution in [2.45, 2.75) is 32.6 Å². The zero-order valence-electron chi connectivity index (χ0n) is 13.1. The van der Waals surface area contributed by atoms with Crippen LogP contribution in [0.1, 0.15) is 38.2 Å². The van der Waals surface area contributed by atoms with Crippen molar-refractivity contribution in [2.24, 2.45) is 0 Å². The average Bonchev–Trinajstić information content (AvgIpc) is 2.52. The number of rotatable bonds is 8. The van der Waals surface area contributed by atoms with Crippen LogP contribution in [0, 0.1) is 0 Å². The summed E-state index contributed by atoms with van der Waals surface area (Å²) in [7, 11) is 2.84. The number of ether oxygens (including phenoxy) is 2. The zero-order chi connectivity index (χ0) is 15.5. The Bertz CT molecular complexity index is 486. The molecule has 0 bridgehead atoms. The molecule has 3 nitrogen and oxygen atoms in total. The second-order valence-electron chi connectivity index (χ2n) is 4.79. The molecule has 1 aromatic carbocycles. The van der Waals surface area contributed by atoms with E-state index in [1.807, 2.05) is 30.3 Å². The number of methoxy groups -OCH3 is 2. The van der Waals surface area contributed by atoms with Gasteiger partial charge in [-0.15, -0.1) is 0 Å². The van der Waals surface area contributed by atoms with E-state index in [0.29, 0.717) is 0 Å². The molecule has 0 aliphatic carbocycles. The van der Waals surface area contributed by atoms with Gasteiger partial charge >= 0.3 is 5.97 Å². The largest absolute Gasteiger partial charge is 0.490 e. The third-order valence-corrected chi connectivity index (χ3v) is 3.14. The Morgan fingerprint density at radius 1 is 1.10 bits per heavy atom. The molecule has 0 fully saturated rings. The Kier molecular flexibility index (Phi) is 7.95. The number of unbranched alkanes of at least 4 members (excludes halogenated alkanes) is 2. The fraction of sp³-hybridized carbons (Fsp3) is 0.389. The summed E-state index contributed by atoms with van der Waals surface area (Å²) < 4.78 is 9.84. The van der Waals surface area contributed by atoms with E-state index in [4.69, 9.17) is 9.47 Å². The van der Waals surface area contributed by atoms with Crippen molar-refractivity contribution in [3.05, 3.63) is 53.3 Å². The van der Waals surface area contributed by atoms with E-state index in [9.17, 15) is 4.79 Å². The Balaban J connectivity index is 2.98. The molecule has 0 heterocycles. The van der Waals surface area contributed by atoms with Gasteiger partial charge in [0, 0.05) is 0 Å². The molecule has 0 aliphatic rings. The SMILES string of the molecule is CCCCCC(/C=C(\OC)C(=O)OC)=C\c1ccccc1. The summed E-state index contributed by atoms with van der Waals surface area (Å²) in [5.41, 5.74) is 2.18. The van der Waals surface area contributed by atoms with Crippen LogP contribution < -0.4 is 0 Å². The Labute approximate surface area is 127 Å². The third-order valence-electron chi connectivity index (χ3n) is 3.14. The molecule has 0 aliphatic heterocycles. The Morgan fingerprint density at radius 3 is 2.38 bits per heavy atom. The number of hydrogen-bond donors (Lipinski definition) is 0. The minimum Gasteiger partial charge on any atom is -0.490 e. The van der Waals surface area contributed by atoms with Gasteiger partial charge in [-0.05, 0) is 30.1 Å². The van der Waals surface area contributed by atoms with Gasteiger partial charge in [0.2, 0.25) is 5.76 Å². The molecule has 1 rings (SSSR count). The van der Waals surface area contributed by atoms with Crippen LogP contribution in [0.15, 0.2) is 47.7 Å². The number of allylic oxidation sites excluding steroid dienone is 2. The van der Waals surface area contributed by atoms with E-state index in [-0.39, 0.29) is 5.76 Å². The number of hydrogen-bond acceptors (Lipinski definition) is 3. The summed E-state index contributed by atoms with van der Waals surface area (Å²) >= 11 is 0. The molecule has 21 heavy (non-hydrogen) atoms. The summed E-state index contributed by atoms with van der Waals surface area (Å²) in [5.74, 6) is -0.219. The molecule has 0 amide bonds. The highest BCUT2D eigenvalue weighted by atomic mass is 16.6. The predicted octanol–water partition coefficient (Wildman–Crippen LogP) is 4.35. The lowest BCUT2D eigenvalue weighted by Gasteiger charge is -2.07. The van der Waals surface area contributed by atoms with E-state index >= 15 is 0 Å². The number of esters is 1. The summed E-state index contributed by atoms with van der Waals surface area (Å²) in [6, 6.07) is 10.1. The Hall–Kier alpha value is -2.03. The smallest absolute Gasteiger partial charge is 0.373 e. The third kappa shape index (κ3) is 6.30. The lowest BCUT2D eigenvalue weighted by atomic mass is 10.0. The van der Waals surface area contributed by atoms with Gasteiger partial charge in [-0.3, -0.25) is 0 Å². The first-order chi connectivity index (χ1) is 10.2. The Morgan fingerprint density at radius 2 is 1.81 bits per heavy atom. The van der Waals surface area contributed by atoms with E-state index in [0.717, 1.165) is 30.4 Å². The molecule has 114 valence electrons. The van der Waals surface area contributed by atoms with Crippen LogP contribution in [0.3, 0.4) is 0 Å². The number of benzene rings is 1. The summed E-state index contributed by atoms with van der Waals surface area (Å²) in [6.07, 6.45) is 8.18. The minimum absolute atomic E-state index is 0.233. The van der Waals surface area contributed by atoms with Crippen molar-refractivity contribution in [3.63, 3.8) is 0 Å². The molecule has 0 aromatic heterocycles. The van der Waals surface area contributed by atoms with E-state index in [1.165, 1.54) is 20.6 Å². The molecule has 0 radical (unpaired) electrons. The van der Waals surface area contributed by atoms with Crippen LogP contribution in [0.4, 0.5) is 0 Å². The number of carbonyl (C=O) groups excluding carboxylic acids is 1. The first-order valence-electron chi connectivity index (χ1n) is 7.30. The molecular weight excluding hydrogens is 264 g/mol. The van der Waals surface area contributed by atoms with Crippen molar-refractivity contribution in [1.29, 1.82) is 0 Å². The van der Waals surface area contributed by atoms with E-state index in [2.05, 4.69) is 13.0 Å². The quantitative estimate of drug-likeness (QED) is 0.234. The van der Waals surface area contributed by atoms with Gasteiger partial charge in [0.25, 0.3) is 0 Å². The van der Waals surface area contributed by atoms with E-state index < -0.39 is 5.97 Å². The highest BCUT2D eigenvalue weighted by molar-refractivity contribution is 5.87. The molecule has 0 unspecified atom stereocenters. The highest BCUT2D eigenvalue weighted by Crippen LogP contribution is 2.17. The van der Waals surface area contributed by atoms with Crippen molar-refractivity contribution >= 4 is 12.0 Å². The second-order valence-corrected chi connectivity index (χ2v) is 4.79. The molecule has 0 N–H and O–H groups in total. The first-order valence-corrected chi connectivity index (χ1v) is 7.30. The van der Waals surface area contributed by atoms with Gasteiger partial charge in [-0.25, -0.2) is 4.79 Å². The van der Waals surface area contributed by atoms with Crippen molar-refractivity contribution in [1.82, 2.24) is 0 Å². The summed E-state index contributed by atoms with van der Waals surface area (Å²) in [4.78, 5) is 11.6. The van der Waals surface area contributed by atoms with Crippen molar-refractivity contribution in [3.8, 4) is 0 Å². The van der Waals surface area contributed by atoms with Crippen LogP contribution >= 0.6 is 0 Å². The van der Waals surface area contributed by atoms with Crippen LogP contribution in [0.2, 0.25) is 0 Å². The summed E-state index contributed by atoms with van der Waals surface area (Å²) in [6.45, 7) is 2.17. The first kappa shape index (κ1) is 17.0. The predicted molar refractivity (Wildman–Crippen MR) is 85.7 cm³/mol. The molecule has 1 aromatic rings. The van der Waals surface area contributed by atoms with E-state index in [1.54, 1.807) is 6.08 Å². The fourth-order valence-electron chi connectivity index (χ4n) is 2.00. The van der Waals surface area contributed by atoms with Gasteiger partial charge in [0.15, 0.2) is 0 Å². The van der Waals surface area contributed by atoms with Gasteiger partial charge in [-0.2, -0.15) is 0 Å². The summed E-state index contributed by atoms with van der Waals surface area (Å²) in [5, 5.41) is 0. The fourth-order valence-corrected chi connectivity index (χ4v) is 2.00. The number of carbonyl (C=O) groups is 1.